The number of anilines is 2. The lowest BCUT2D eigenvalue weighted by Crippen LogP contribution is -2.48. The molecule has 0 radical (unpaired) electrons. The third-order valence-electron chi connectivity index (χ3n) is 24.6. The molecule has 112 heavy (non-hydrogen) atoms. The molecule has 2 N–H and O–H groups in total. The zero-order valence-electron chi connectivity index (χ0n) is 68.0. The lowest BCUT2D eigenvalue weighted by atomic mass is 9.82. The number of hydrogen-bond donors (Lipinski definition) is 2. The lowest BCUT2D eigenvalue weighted by Gasteiger charge is -2.32. The Kier molecular flexibility index (Phi) is 25.3. The Morgan fingerprint density at radius 2 is 0.920 bits per heavy atom. The monoisotopic (exact) mass is 1590 g/mol. The van der Waals surface area contributed by atoms with Crippen LogP contribution in [0.15, 0.2) is 72.8 Å². The molecule has 0 unspecified atom stereocenters. The number of rotatable bonds is 20. The van der Waals surface area contributed by atoms with Crippen molar-refractivity contribution in [3.63, 3.8) is 0 Å². The molecule has 14 atom stereocenters. The quantitative estimate of drug-likeness (QED) is 0.0613. The van der Waals surface area contributed by atoms with Crippen LogP contribution in [0.3, 0.4) is 0 Å². The summed E-state index contributed by atoms with van der Waals surface area (Å²) in [5, 5.41) is 3.12. The van der Waals surface area contributed by atoms with E-state index in [1.54, 1.807) is 55.8 Å². The van der Waals surface area contributed by atoms with Gasteiger partial charge >= 0.3 is 11.9 Å². The van der Waals surface area contributed by atoms with Crippen molar-refractivity contribution >= 4 is 100 Å². The SMILES string of the molecule is COc1ccc2c(O[C@@H]3C[C@H]4C(=O)C[C@]5(C(=O)NS(=O)(=O)C6(C)CC6)C[C@H]5/C=C\CC[C@@H](C)C[C@@H](C)[C@H](CC(=O)OC(C)C)C(=O)N4C3)nc(N(C)C)cc2c1.COc1ccc2c(O[C@@H]3C[C@H]4C(=O)C[C@]5(C(=O)NS(=O)(=O)C6(C)CC6)C[C@H]5/C=C\CC[C@H](C)C[C@@H](C)[C@H](CC(=O)OC(C)C)C(=O)N4C3)nc(N(C)C)cc2c1. The summed E-state index contributed by atoms with van der Waals surface area (Å²) < 4.78 is 90.9. The highest BCUT2D eigenvalue weighted by atomic mass is 32.2. The van der Waals surface area contributed by atoms with E-state index in [0.29, 0.717) is 86.3 Å². The van der Waals surface area contributed by atoms with Gasteiger partial charge in [-0.25, -0.2) is 16.8 Å². The van der Waals surface area contributed by atoms with Crippen LogP contribution in [-0.2, 0) is 67.9 Å². The summed E-state index contributed by atoms with van der Waals surface area (Å²) in [6.45, 7) is 18.6. The molecule has 6 fully saturated rings. The average molecular weight is 1590 g/mol. The molecule has 4 aliphatic heterocycles. The van der Waals surface area contributed by atoms with Gasteiger partial charge in [0.2, 0.25) is 55.4 Å². The third kappa shape index (κ3) is 18.8. The van der Waals surface area contributed by atoms with Crippen molar-refractivity contribution < 1.29 is 83.6 Å². The zero-order chi connectivity index (χ0) is 81.5. The molecule has 4 aliphatic carbocycles. The molecule has 12 rings (SSSR count). The number of carbonyl (C=O) groups excluding carboxylic acids is 8. The molecule has 26 nitrogen and oxygen atoms in total. The molecule has 6 heterocycles. The largest absolute Gasteiger partial charge is 0.497 e. The van der Waals surface area contributed by atoms with Gasteiger partial charge < -0.3 is 48.0 Å². The number of Topliss-reactive ketones (excluding diaryl/α,β-unsaturated/α-hetero) is 2. The Morgan fingerprint density at radius 1 is 0.554 bits per heavy atom. The minimum absolute atomic E-state index is 0.0496. The molecular formula is C84H116N8O18S2. The molecule has 8 aliphatic rings. The number of esters is 2. The molecule has 2 aromatic heterocycles. The number of pyridine rings is 2. The number of aromatic nitrogens is 2. The van der Waals surface area contributed by atoms with Gasteiger partial charge in [0.1, 0.15) is 35.3 Å². The van der Waals surface area contributed by atoms with Crippen LogP contribution in [0.4, 0.5) is 11.6 Å². The van der Waals surface area contributed by atoms with Gasteiger partial charge in [0, 0.05) is 64.6 Å². The fraction of sp³-hybridized carbons (Fsp3) is 0.643. The molecular weight excluding hydrogens is 1470 g/mol. The van der Waals surface area contributed by atoms with E-state index < -0.39 is 100 Å². The number of methoxy groups -OCH3 is 2. The predicted octanol–water partition coefficient (Wildman–Crippen LogP) is 11.2. The van der Waals surface area contributed by atoms with Crippen molar-refractivity contribution in [2.45, 2.75) is 231 Å². The van der Waals surface area contributed by atoms with E-state index in [9.17, 15) is 55.2 Å². The summed E-state index contributed by atoms with van der Waals surface area (Å²) in [5.74, 6) is -2.62. The normalized spacial score (nSPS) is 29.7. The molecule has 4 aromatic rings. The summed E-state index contributed by atoms with van der Waals surface area (Å²) in [6.07, 6.45) is 12.3. The number of amides is 4. The van der Waals surface area contributed by atoms with Crippen molar-refractivity contribution in [1.29, 1.82) is 0 Å². The lowest BCUT2D eigenvalue weighted by molar-refractivity contribution is -0.154. The van der Waals surface area contributed by atoms with Crippen LogP contribution in [0.25, 0.3) is 21.5 Å². The molecule has 4 amide bonds. The summed E-state index contributed by atoms with van der Waals surface area (Å²) in [5.41, 5.74) is -2.54. The Bertz CT molecular complexity index is 4270. The van der Waals surface area contributed by atoms with Crippen molar-refractivity contribution in [3.8, 4) is 23.3 Å². The first-order valence-corrected chi connectivity index (χ1v) is 42.9. The van der Waals surface area contributed by atoms with Crippen molar-refractivity contribution in [1.82, 2.24) is 29.2 Å². The Labute approximate surface area is 660 Å². The van der Waals surface area contributed by atoms with Crippen LogP contribution in [-0.4, -0.2) is 185 Å². The van der Waals surface area contributed by atoms with E-state index in [1.165, 1.54) is 9.80 Å². The zero-order valence-corrected chi connectivity index (χ0v) is 69.6. The van der Waals surface area contributed by atoms with E-state index in [0.717, 1.165) is 47.2 Å². The number of carbonyl (C=O) groups is 8. The first-order chi connectivity index (χ1) is 52.7. The van der Waals surface area contributed by atoms with Crippen LogP contribution < -0.4 is 38.2 Å². The van der Waals surface area contributed by atoms with Crippen molar-refractivity contribution in [3.05, 3.63) is 72.8 Å². The topological polar surface area (TPSA) is 323 Å². The van der Waals surface area contributed by atoms with Crippen LogP contribution in [0.5, 0.6) is 23.3 Å². The summed E-state index contributed by atoms with van der Waals surface area (Å²) in [4.78, 5) is 130. The smallest absolute Gasteiger partial charge is 0.306 e. The van der Waals surface area contributed by atoms with E-state index in [1.807, 2.05) is 125 Å². The number of benzene rings is 2. The number of ether oxygens (including phenoxy) is 6. The van der Waals surface area contributed by atoms with Gasteiger partial charge in [-0.15, -0.1) is 0 Å². The van der Waals surface area contributed by atoms with E-state index in [4.69, 9.17) is 38.4 Å². The second-order valence-electron chi connectivity index (χ2n) is 34.8. The first-order valence-electron chi connectivity index (χ1n) is 39.9. The van der Waals surface area contributed by atoms with Gasteiger partial charge in [-0.2, -0.15) is 9.97 Å². The standard InChI is InChI=1S/2C42H58N4O9S/c2*1-25(2)54-37(48)21-33-27(4)17-26(3)11-9-10-12-29-22-42(29,40(50)44-56(51,52)41(5)15-16-41)23-35(47)34-20-31(24-46(34)39(33)49)55-38-32-14-13-30(53-8)18-28(32)19-36(43-38)45(6)7/h2*10,12-14,18-19,25-27,29,31,33-34H,9,11,15-17,20-24H2,1-8H3,(H,44,50)/b2*12-10-/t26-,27+,29+,31+,33-,34-,42+;26-,27-,29-,31-,33+,34+,42-/m01/s1. The highest BCUT2D eigenvalue weighted by Crippen LogP contribution is 2.59. The fourth-order valence-electron chi connectivity index (χ4n) is 16.7. The summed E-state index contributed by atoms with van der Waals surface area (Å²) in [7, 11) is 2.77. The third-order valence-corrected chi connectivity index (χ3v) is 28.9. The number of nitrogens with one attached hydrogen (secondary N) is 2. The van der Waals surface area contributed by atoms with Crippen LogP contribution in [0, 0.1) is 58.2 Å². The number of sulfonamides is 2. The van der Waals surface area contributed by atoms with Crippen molar-refractivity contribution in [2.24, 2.45) is 58.2 Å². The van der Waals surface area contributed by atoms with Gasteiger partial charge in [0.25, 0.3) is 0 Å². The fourth-order valence-corrected chi connectivity index (χ4v) is 19.4. The van der Waals surface area contributed by atoms with Crippen molar-refractivity contribution in [2.75, 3.05) is 65.3 Å². The van der Waals surface area contributed by atoms with E-state index >= 15 is 0 Å². The Hall–Kier alpha value is -8.40. The maximum Gasteiger partial charge on any atom is 0.306 e. The van der Waals surface area contributed by atoms with Gasteiger partial charge in [0.15, 0.2) is 11.6 Å². The number of nitrogens with zero attached hydrogens (tertiary/aromatic N) is 6. The second kappa shape index (κ2) is 33.6. The highest BCUT2D eigenvalue weighted by Gasteiger charge is 2.65. The van der Waals surface area contributed by atoms with Crippen LogP contribution in [0.2, 0.25) is 0 Å². The highest BCUT2D eigenvalue weighted by molar-refractivity contribution is 7.92. The van der Waals surface area contributed by atoms with E-state index in [2.05, 4.69) is 23.3 Å². The minimum atomic E-state index is -3.95. The number of allylic oxidation sites excluding steroid dienone is 4. The molecule has 2 saturated heterocycles. The van der Waals surface area contributed by atoms with Crippen LogP contribution >= 0.6 is 0 Å². The number of hydrogen-bond acceptors (Lipinski definition) is 22. The molecule has 0 bridgehead atoms. The second-order valence-corrected chi connectivity index (χ2v) is 39.2. The van der Waals surface area contributed by atoms with Gasteiger partial charge in [-0.3, -0.25) is 47.8 Å². The molecule has 612 valence electrons. The van der Waals surface area contributed by atoms with Crippen LogP contribution in [0.1, 0.15) is 185 Å². The Morgan fingerprint density at radius 3 is 1.25 bits per heavy atom. The summed E-state index contributed by atoms with van der Waals surface area (Å²) >= 11 is 0. The Balaban J connectivity index is 0.000000221. The maximum absolute atomic E-state index is 14.9. The molecule has 28 heteroatoms. The first kappa shape index (κ1) is 84.5. The van der Waals surface area contributed by atoms with Gasteiger partial charge in [0.05, 0.1) is 96.6 Å². The molecule has 0 spiro atoms. The predicted molar refractivity (Wildman–Crippen MR) is 425 cm³/mol. The number of ketones is 2. The molecule has 2 aromatic carbocycles. The average Bonchev–Trinajstić information content (AvgIpc) is 1.56. The van der Waals surface area contributed by atoms with Gasteiger partial charge in [-0.1, -0.05) is 52.0 Å². The maximum atomic E-state index is 14.9. The number of fused-ring (bicyclic) bond motifs is 6. The van der Waals surface area contributed by atoms with E-state index in [-0.39, 0.29) is 123 Å². The minimum Gasteiger partial charge on any atom is -0.497 e. The van der Waals surface area contributed by atoms with Gasteiger partial charge in [-0.05, 0) is 213 Å². The molecule has 4 saturated carbocycles. The summed E-state index contributed by atoms with van der Waals surface area (Å²) in [6, 6.07) is 13.0.